The zero-order valence-corrected chi connectivity index (χ0v) is 20.8. The van der Waals surface area contributed by atoms with Crippen molar-refractivity contribution in [3.05, 3.63) is 65.7 Å². The van der Waals surface area contributed by atoms with Gasteiger partial charge < -0.3 is 9.64 Å². The molecule has 2 heterocycles. The van der Waals surface area contributed by atoms with Crippen LogP contribution in [0.2, 0.25) is 0 Å². The van der Waals surface area contributed by atoms with Gasteiger partial charge in [0.25, 0.3) is 0 Å². The molecule has 6 aliphatic rings. The molecule has 7 atom stereocenters. The molecule has 0 spiro atoms. The Labute approximate surface area is 215 Å². The normalized spacial score (nSPS) is 33.1. The van der Waals surface area contributed by atoms with Crippen molar-refractivity contribution in [2.45, 2.75) is 26.7 Å². The summed E-state index contributed by atoms with van der Waals surface area (Å²) in [6, 6.07) is 12.5. The predicted molar refractivity (Wildman–Crippen MR) is 136 cm³/mol. The van der Waals surface area contributed by atoms with E-state index in [1.807, 2.05) is 32.0 Å². The third-order valence-corrected chi connectivity index (χ3v) is 8.95. The van der Waals surface area contributed by atoms with Crippen molar-refractivity contribution in [3.8, 4) is 5.75 Å². The molecule has 7 nitrogen and oxygen atoms in total. The standard InChI is InChI=1S/C30H28N2O5/c1-15-9-16(2)11-19(10-15)31-14-17(12-25(31)33)30(36)37-20-5-3-18(4-6-20)32-28(34)26-21-7-8-22(24-13-23(21)24)27(26)29(32)35/h3-11,17,21-24,26-27H,12-14H2,1-2H3/t17-,21-,22-,23-,24-,26+,27+/m1/s1. The summed E-state index contributed by atoms with van der Waals surface area (Å²) in [5.74, 6) is -0.0411. The summed E-state index contributed by atoms with van der Waals surface area (Å²) in [5.41, 5.74) is 3.42. The molecular weight excluding hydrogens is 468 g/mol. The Balaban J connectivity index is 1.04. The summed E-state index contributed by atoms with van der Waals surface area (Å²) in [6.45, 7) is 4.23. The molecule has 2 aliphatic heterocycles. The van der Waals surface area contributed by atoms with Crippen LogP contribution in [0.25, 0.3) is 0 Å². The smallest absolute Gasteiger partial charge is 0.316 e. The fourth-order valence-electron chi connectivity index (χ4n) is 7.30. The van der Waals surface area contributed by atoms with E-state index in [-0.39, 0.29) is 54.4 Å². The van der Waals surface area contributed by atoms with Crippen LogP contribution in [0.15, 0.2) is 54.6 Å². The van der Waals surface area contributed by atoms with Crippen molar-refractivity contribution < 1.29 is 23.9 Å². The number of allylic oxidation sites excluding steroid dienone is 2. The van der Waals surface area contributed by atoms with Gasteiger partial charge in [-0.05, 0) is 91.5 Å². The third-order valence-electron chi connectivity index (χ3n) is 8.95. The molecule has 2 aromatic rings. The maximum atomic E-state index is 13.3. The lowest BCUT2D eigenvalue weighted by Crippen LogP contribution is -2.40. The average Bonchev–Trinajstić information content (AvgIpc) is 3.54. The van der Waals surface area contributed by atoms with E-state index >= 15 is 0 Å². The van der Waals surface area contributed by atoms with E-state index in [0.717, 1.165) is 23.2 Å². The topological polar surface area (TPSA) is 84.0 Å². The minimum absolute atomic E-state index is 0.0990. The summed E-state index contributed by atoms with van der Waals surface area (Å²) in [7, 11) is 0. The van der Waals surface area contributed by atoms with Gasteiger partial charge in [0.2, 0.25) is 17.7 Å². The number of hydrogen-bond donors (Lipinski definition) is 0. The first-order valence-corrected chi connectivity index (χ1v) is 13.1. The van der Waals surface area contributed by atoms with Gasteiger partial charge in [-0.1, -0.05) is 18.2 Å². The van der Waals surface area contributed by atoms with E-state index in [0.29, 0.717) is 23.3 Å². The van der Waals surface area contributed by atoms with Crippen LogP contribution < -0.4 is 14.5 Å². The van der Waals surface area contributed by atoms with Crippen molar-refractivity contribution >= 4 is 35.1 Å². The number of ether oxygens (including phenoxy) is 1. The van der Waals surface area contributed by atoms with Crippen LogP contribution in [-0.4, -0.2) is 30.2 Å². The van der Waals surface area contributed by atoms with E-state index in [2.05, 4.69) is 12.2 Å². The fourth-order valence-corrected chi connectivity index (χ4v) is 7.30. The van der Waals surface area contributed by atoms with Gasteiger partial charge in [-0.3, -0.25) is 24.1 Å². The summed E-state index contributed by atoms with van der Waals surface area (Å²) in [4.78, 5) is 55.1. The predicted octanol–water partition coefficient (Wildman–Crippen LogP) is 3.82. The number of benzene rings is 2. The monoisotopic (exact) mass is 496 g/mol. The highest BCUT2D eigenvalue weighted by Crippen LogP contribution is 2.65. The number of carbonyl (C=O) groups is 4. The highest BCUT2D eigenvalue weighted by molar-refractivity contribution is 6.22. The number of amides is 3. The minimum atomic E-state index is -0.563. The van der Waals surface area contributed by atoms with E-state index in [9.17, 15) is 19.2 Å². The minimum Gasteiger partial charge on any atom is -0.426 e. The Morgan fingerprint density at radius 1 is 0.838 bits per heavy atom. The first kappa shape index (κ1) is 22.5. The second kappa shape index (κ2) is 7.88. The SMILES string of the molecule is Cc1cc(C)cc(N2C[C@H](C(=O)Oc3ccc(N4C(=O)[C@H]5[C@@H]6C=C[C@H]([C@H]7C[C@H]67)[C@@H]5C4=O)cc3)CC2=O)c1. The molecule has 2 saturated heterocycles. The fraction of sp³-hybridized carbons (Fsp3) is 0.400. The quantitative estimate of drug-likeness (QED) is 0.278. The van der Waals surface area contributed by atoms with Crippen molar-refractivity contribution in [1.29, 1.82) is 0 Å². The van der Waals surface area contributed by atoms with Crippen LogP contribution in [0.4, 0.5) is 11.4 Å². The van der Waals surface area contributed by atoms with Crippen LogP contribution in [0.5, 0.6) is 5.75 Å². The van der Waals surface area contributed by atoms with E-state index in [4.69, 9.17) is 4.74 Å². The lowest BCUT2D eigenvalue weighted by molar-refractivity contribution is -0.139. The van der Waals surface area contributed by atoms with Gasteiger partial charge in [0.05, 0.1) is 23.4 Å². The number of rotatable bonds is 4. The summed E-state index contributed by atoms with van der Waals surface area (Å²) in [5, 5.41) is 0. The van der Waals surface area contributed by atoms with Crippen molar-refractivity contribution in [2.75, 3.05) is 16.3 Å². The van der Waals surface area contributed by atoms with E-state index < -0.39 is 11.9 Å². The highest BCUT2D eigenvalue weighted by atomic mass is 16.5. The Morgan fingerprint density at radius 2 is 1.43 bits per heavy atom. The Bertz CT molecular complexity index is 1340. The Hall–Kier alpha value is -3.74. The Morgan fingerprint density at radius 3 is 2.03 bits per heavy atom. The van der Waals surface area contributed by atoms with Gasteiger partial charge in [0, 0.05) is 18.7 Å². The first-order chi connectivity index (χ1) is 17.8. The molecule has 0 aromatic heterocycles. The summed E-state index contributed by atoms with van der Waals surface area (Å²) in [6.07, 6.45) is 5.55. The lowest BCUT2D eigenvalue weighted by atomic mass is 9.63. The van der Waals surface area contributed by atoms with Crippen molar-refractivity contribution in [3.63, 3.8) is 0 Å². The number of hydrogen-bond acceptors (Lipinski definition) is 5. The molecule has 0 radical (unpaired) electrons. The highest BCUT2D eigenvalue weighted by Gasteiger charge is 2.67. The van der Waals surface area contributed by atoms with Crippen LogP contribution in [0.1, 0.15) is 24.0 Å². The molecule has 2 aromatic carbocycles. The van der Waals surface area contributed by atoms with Gasteiger partial charge in [0.15, 0.2) is 0 Å². The van der Waals surface area contributed by atoms with Crippen molar-refractivity contribution in [2.24, 2.45) is 41.4 Å². The largest absolute Gasteiger partial charge is 0.426 e. The van der Waals surface area contributed by atoms with Gasteiger partial charge in [-0.25, -0.2) is 0 Å². The van der Waals surface area contributed by atoms with Gasteiger partial charge in [-0.15, -0.1) is 0 Å². The van der Waals surface area contributed by atoms with E-state index in [1.54, 1.807) is 29.2 Å². The van der Waals surface area contributed by atoms with Gasteiger partial charge >= 0.3 is 5.97 Å². The Kier molecular flexibility index (Phi) is 4.78. The number of aryl methyl sites for hydroxylation is 2. The van der Waals surface area contributed by atoms with Crippen LogP contribution >= 0.6 is 0 Å². The van der Waals surface area contributed by atoms with Crippen molar-refractivity contribution in [1.82, 2.24) is 0 Å². The molecular formula is C30H28N2O5. The molecule has 4 aliphatic carbocycles. The number of nitrogens with zero attached hydrogens (tertiary/aromatic N) is 2. The lowest BCUT2D eigenvalue weighted by Gasteiger charge is -2.37. The van der Waals surface area contributed by atoms with Crippen LogP contribution in [0.3, 0.4) is 0 Å². The maximum absolute atomic E-state index is 13.3. The summed E-state index contributed by atoms with van der Waals surface area (Å²) >= 11 is 0. The molecule has 3 amide bonds. The zero-order chi connectivity index (χ0) is 25.6. The molecule has 7 heteroatoms. The molecule has 37 heavy (non-hydrogen) atoms. The molecule has 188 valence electrons. The second-order valence-electron chi connectivity index (χ2n) is 11.3. The molecule has 0 N–H and O–H groups in total. The number of imide groups is 1. The molecule has 2 bridgehead atoms. The number of esters is 1. The zero-order valence-electron chi connectivity index (χ0n) is 20.8. The third kappa shape index (κ3) is 3.40. The van der Waals surface area contributed by atoms with Gasteiger partial charge in [0.1, 0.15) is 5.75 Å². The molecule has 2 saturated carbocycles. The van der Waals surface area contributed by atoms with Crippen LogP contribution in [0, 0.1) is 55.3 Å². The van der Waals surface area contributed by atoms with Crippen LogP contribution in [-0.2, 0) is 19.2 Å². The second-order valence-corrected chi connectivity index (χ2v) is 11.3. The average molecular weight is 497 g/mol. The maximum Gasteiger partial charge on any atom is 0.316 e. The molecule has 0 unspecified atom stereocenters. The summed E-state index contributed by atoms with van der Waals surface area (Å²) < 4.78 is 5.59. The number of carbonyl (C=O) groups excluding carboxylic acids is 4. The van der Waals surface area contributed by atoms with Gasteiger partial charge in [-0.2, -0.15) is 0 Å². The molecule has 8 rings (SSSR count). The first-order valence-electron chi connectivity index (χ1n) is 13.1. The molecule has 4 fully saturated rings. The van der Waals surface area contributed by atoms with E-state index in [1.165, 1.54) is 4.90 Å². The number of anilines is 2.